The van der Waals surface area contributed by atoms with Gasteiger partial charge in [-0.05, 0) is 68.1 Å². The summed E-state index contributed by atoms with van der Waals surface area (Å²) in [5.41, 5.74) is 4.90. The van der Waals surface area contributed by atoms with Gasteiger partial charge >= 0.3 is 0 Å². The first-order valence-electron chi connectivity index (χ1n) is 7.92. The fraction of sp³-hybridized carbons (Fsp3) is 0.300. The molecule has 0 aromatic heterocycles. The Hall–Kier alpha value is -2.80. The highest BCUT2D eigenvalue weighted by Gasteiger charge is 2.16. The zero-order valence-electron chi connectivity index (χ0n) is 14.5. The summed E-state index contributed by atoms with van der Waals surface area (Å²) in [6.07, 6.45) is -0.247. The quantitative estimate of drug-likeness (QED) is 0.902. The normalized spacial score (nSPS) is 11.5. The van der Waals surface area contributed by atoms with Crippen LogP contribution in [0.3, 0.4) is 0 Å². The maximum atomic E-state index is 12.3. The van der Waals surface area contributed by atoms with Crippen molar-refractivity contribution in [3.05, 3.63) is 58.7 Å². The molecule has 2 aromatic carbocycles. The number of benzene rings is 2. The van der Waals surface area contributed by atoms with Crippen LogP contribution in [0.25, 0.3) is 0 Å². The molecule has 0 aliphatic carbocycles. The minimum absolute atomic E-state index is 0.207. The van der Waals surface area contributed by atoms with Crippen LogP contribution in [-0.2, 0) is 11.2 Å². The molecule has 2 rings (SSSR count). The summed E-state index contributed by atoms with van der Waals surface area (Å²) in [5.74, 6) is 0.529. The predicted octanol–water partition coefficient (Wildman–Crippen LogP) is 4.08. The number of hydrogen-bond donors (Lipinski definition) is 1. The van der Waals surface area contributed by atoms with E-state index in [-0.39, 0.29) is 5.91 Å². The van der Waals surface area contributed by atoms with Gasteiger partial charge in [-0.2, -0.15) is 5.26 Å². The van der Waals surface area contributed by atoms with Crippen molar-refractivity contribution >= 4 is 11.6 Å². The third-order valence-corrected chi connectivity index (χ3v) is 3.94. The third-order valence-electron chi connectivity index (χ3n) is 3.94. The summed E-state index contributed by atoms with van der Waals surface area (Å²) in [4.78, 5) is 12.3. The van der Waals surface area contributed by atoms with E-state index in [9.17, 15) is 4.79 Å². The average Bonchev–Trinajstić information content (AvgIpc) is 2.54. The van der Waals surface area contributed by atoms with Crippen LogP contribution in [0, 0.1) is 32.1 Å². The highest BCUT2D eigenvalue weighted by atomic mass is 16.5. The molecule has 24 heavy (non-hydrogen) atoms. The van der Waals surface area contributed by atoms with Crippen molar-refractivity contribution in [2.24, 2.45) is 0 Å². The lowest BCUT2D eigenvalue weighted by molar-refractivity contribution is -0.122. The fourth-order valence-corrected chi connectivity index (χ4v) is 2.41. The molecular weight excluding hydrogens is 300 g/mol. The van der Waals surface area contributed by atoms with Crippen LogP contribution in [0.5, 0.6) is 5.75 Å². The van der Waals surface area contributed by atoms with E-state index in [1.54, 1.807) is 19.1 Å². The van der Waals surface area contributed by atoms with Crippen molar-refractivity contribution in [1.29, 1.82) is 5.26 Å². The molecule has 0 bridgehead atoms. The minimum Gasteiger partial charge on any atom is -0.481 e. The Bertz CT molecular complexity index is 773. The van der Waals surface area contributed by atoms with Gasteiger partial charge in [0, 0.05) is 5.69 Å². The van der Waals surface area contributed by atoms with Crippen molar-refractivity contribution in [1.82, 2.24) is 0 Å². The van der Waals surface area contributed by atoms with E-state index in [1.807, 2.05) is 39.0 Å². The summed E-state index contributed by atoms with van der Waals surface area (Å²) >= 11 is 0. The highest BCUT2D eigenvalue weighted by Crippen LogP contribution is 2.24. The lowest BCUT2D eigenvalue weighted by Crippen LogP contribution is -2.30. The number of nitriles is 1. The molecule has 124 valence electrons. The molecule has 1 amide bonds. The van der Waals surface area contributed by atoms with Crippen LogP contribution in [-0.4, -0.2) is 12.0 Å². The first-order chi connectivity index (χ1) is 11.4. The Labute approximate surface area is 143 Å². The Balaban J connectivity index is 2.03. The van der Waals surface area contributed by atoms with Crippen molar-refractivity contribution < 1.29 is 9.53 Å². The molecule has 0 radical (unpaired) electrons. The average molecular weight is 322 g/mol. The zero-order chi connectivity index (χ0) is 17.7. The second-order valence-electron chi connectivity index (χ2n) is 5.99. The Morgan fingerprint density at radius 3 is 2.50 bits per heavy atom. The smallest absolute Gasteiger partial charge is 0.265 e. The lowest BCUT2D eigenvalue weighted by Gasteiger charge is -2.18. The van der Waals surface area contributed by atoms with E-state index in [0.29, 0.717) is 12.1 Å². The molecular formula is C20H22N2O2. The van der Waals surface area contributed by atoms with Crippen LogP contribution in [0.15, 0.2) is 36.4 Å². The number of amides is 1. The molecule has 0 saturated carbocycles. The molecule has 2 aromatic rings. The van der Waals surface area contributed by atoms with Gasteiger partial charge < -0.3 is 10.1 Å². The number of aryl methyl sites for hydroxylation is 2. The van der Waals surface area contributed by atoms with Gasteiger partial charge in [-0.25, -0.2) is 0 Å². The number of carbonyl (C=O) groups excluding carboxylic acids is 1. The van der Waals surface area contributed by atoms with Crippen LogP contribution in [0.2, 0.25) is 0 Å². The number of nitrogens with one attached hydrogen (secondary N) is 1. The first kappa shape index (κ1) is 17.6. The highest BCUT2D eigenvalue weighted by molar-refractivity contribution is 5.94. The predicted molar refractivity (Wildman–Crippen MR) is 95.1 cm³/mol. The van der Waals surface area contributed by atoms with E-state index in [0.717, 1.165) is 28.0 Å². The molecule has 0 unspecified atom stereocenters. The second kappa shape index (κ2) is 7.65. The van der Waals surface area contributed by atoms with Gasteiger partial charge in [0.2, 0.25) is 0 Å². The second-order valence-corrected chi connectivity index (χ2v) is 5.99. The van der Waals surface area contributed by atoms with Gasteiger partial charge in [0.25, 0.3) is 5.91 Å². The summed E-state index contributed by atoms with van der Waals surface area (Å²) in [6, 6.07) is 13.4. The molecule has 0 aliphatic heterocycles. The van der Waals surface area contributed by atoms with Crippen molar-refractivity contribution in [3.8, 4) is 11.8 Å². The number of hydrogen-bond acceptors (Lipinski definition) is 3. The molecule has 0 aliphatic rings. The van der Waals surface area contributed by atoms with E-state index < -0.39 is 6.10 Å². The third kappa shape index (κ3) is 4.36. The summed E-state index contributed by atoms with van der Waals surface area (Å²) in [6.45, 7) is 7.76. The van der Waals surface area contributed by atoms with Crippen LogP contribution < -0.4 is 10.1 Å². The van der Waals surface area contributed by atoms with Crippen LogP contribution >= 0.6 is 0 Å². The molecule has 4 heteroatoms. The summed E-state index contributed by atoms with van der Waals surface area (Å²) < 4.78 is 5.85. The van der Waals surface area contributed by atoms with Gasteiger partial charge in [-0.15, -0.1) is 0 Å². The topological polar surface area (TPSA) is 62.1 Å². The summed E-state index contributed by atoms with van der Waals surface area (Å²) in [7, 11) is 0. The lowest BCUT2D eigenvalue weighted by atomic mass is 10.1. The number of ether oxygens (including phenoxy) is 1. The minimum atomic E-state index is -0.608. The molecule has 0 saturated heterocycles. The van der Waals surface area contributed by atoms with E-state index in [1.165, 1.54) is 0 Å². The van der Waals surface area contributed by atoms with Crippen molar-refractivity contribution in [3.63, 3.8) is 0 Å². The van der Waals surface area contributed by atoms with Crippen LogP contribution in [0.1, 0.15) is 29.2 Å². The number of nitrogens with zero attached hydrogens (tertiary/aromatic N) is 1. The van der Waals surface area contributed by atoms with Crippen molar-refractivity contribution in [2.45, 2.75) is 40.2 Å². The fourth-order valence-electron chi connectivity index (χ4n) is 2.41. The van der Waals surface area contributed by atoms with E-state index in [2.05, 4.69) is 17.5 Å². The Kier molecular flexibility index (Phi) is 5.59. The molecule has 1 N–H and O–H groups in total. The van der Waals surface area contributed by atoms with Crippen LogP contribution in [0.4, 0.5) is 5.69 Å². The molecule has 4 nitrogen and oxygen atoms in total. The largest absolute Gasteiger partial charge is 0.481 e. The molecule has 0 fully saturated rings. The Morgan fingerprint density at radius 1 is 1.21 bits per heavy atom. The number of anilines is 1. The number of rotatable bonds is 5. The van der Waals surface area contributed by atoms with Gasteiger partial charge in [0.1, 0.15) is 5.75 Å². The SMILES string of the molecule is Cc1cc(C)c(C)c(O[C@@H](C)C(=O)Nc2ccc(CC#N)cc2)c1. The van der Waals surface area contributed by atoms with E-state index in [4.69, 9.17) is 10.00 Å². The molecule has 1 atom stereocenters. The molecule has 0 spiro atoms. The monoisotopic (exact) mass is 322 g/mol. The first-order valence-corrected chi connectivity index (χ1v) is 7.92. The maximum absolute atomic E-state index is 12.3. The van der Waals surface area contributed by atoms with Gasteiger partial charge in [0.15, 0.2) is 6.10 Å². The molecule has 0 heterocycles. The summed E-state index contributed by atoms with van der Waals surface area (Å²) in [5, 5.41) is 11.5. The van der Waals surface area contributed by atoms with Gasteiger partial charge in [-0.1, -0.05) is 18.2 Å². The number of carbonyl (C=O) groups is 1. The zero-order valence-corrected chi connectivity index (χ0v) is 14.5. The van der Waals surface area contributed by atoms with Gasteiger partial charge in [-0.3, -0.25) is 4.79 Å². The van der Waals surface area contributed by atoms with Crippen molar-refractivity contribution in [2.75, 3.05) is 5.32 Å². The van der Waals surface area contributed by atoms with E-state index >= 15 is 0 Å². The van der Waals surface area contributed by atoms with Gasteiger partial charge in [0.05, 0.1) is 12.5 Å². The standard InChI is InChI=1S/C20H22N2O2/c1-13-11-14(2)15(3)19(12-13)24-16(4)20(23)22-18-7-5-17(6-8-18)9-10-21/h5-8,11-12,16H,9H2,1-4H3,(H,22,23)/t16-/m0/s1. The maximum Gasteiger partial charge on any atom is 0.265 e. The Morgan fingerprint density at radius 2 is 1.88 bits per heavy atom.